The lowest BCUT2D eigenvalue weighted by molar-refractivity contribution is -0.137. The molecule has 0 aliphatic heterocycles. The fourth-order valence-electron chi connectivity index (χ4n) is 2.32. The second kappa shape index (κ2) is 8.57. The van der Waals surface area contributed by atoms with E-state index in [0.717, 1.165) is 18.2 Å². The highest BCUT2D eigenvalue weighted by Gasteiger charge is 2.31. The lowest BCUT2D eigenvalue weighted by Gasteiger charge is -2.19. The standard InChI is InChI=1S/C18H19F3N2O3/c1-2-26-16-9-8-13(18(19,20)21)10-14(16)22-17(25)23-15(11-24)12-6-4-3-5-7-12/h3-10,15,24H,2,11H2,1H3,(H2,22,23,25)/t15-/m1/s1. The Hall–Kier alpha value is -2.74. The number of carbonyl (C=O) groups is 1. The molecular weight excluding hydrogens is 349 g/mol. The Morgan fingerprint density at radius 1 is 1.19 bits per heavy atom. The highest BCUT2D eigenvalue weighted by Crippen LogP contribution is 2.35. The van der Waals surface area contributed by atoms with Gasteiger partial charge in [0.25, 0.3) is 0 Å². The van der Waals surface area contributed by atoms with Crippen LogP contribution in [0.4, 0.5) is 23.7 Å². The van der Waals surface area contributed by atoms with Gasteiger partial charge in [-0.1, -0.05) is 30.3 Å². The molecule has 5 nitrogen and oxygen atoms in total. The number of urea groups is 1. The molecule has 1 atom stereocenters. The summed E-state index contributed by atoms with van der Waals surface area (Å²) in [6.45, 7) is 1.54. The van der Waals surface area contributed by atoms with Crippen molar-refractivity contribution >= 4 is 11.7 Å². The van der Waals surface area contributed by atoms with Gasteiger partial charge < -0.3 is 20.5 Å². The first kappa shape index (κ1) is 19.6. The van der Waals surface area contributed by atoms with Crippen LogP contribution in [-0.4, -0.2) is 24.4 Å². The van der Waals surface area contributed by atoms with Crippen molar-refractivity contribution in [3.63, 3.8) is 0 Å². The summed E-state index contributed by atoms with van der Waals surface area (Å²) in [6, 6.07) is 10.1. The summed E-state index contributed by atoms with van der Waals surface area (Å²) in [6.07, 6.45) is -4.55. The van der Waals surface area contributed by atoms with Gasteiger partial charge in [-0.25, -0.2) is 4.79 Å². The molecule has 2 amide bonds. The third-order valence-corrected chi connectivity index (χ3v) is 3.54. The second-order valence-corrected chi connectivity index (χ2v) is 5.39. The number of aliphatic hydroxyl groups excluding tert-OH is 1. The van der Waals surface area contributed by atoms with Gasteiger partial charge in [0, 0.05) is 0 Å². The molecule has 2 rings (SSSR count). The highest BCUT2D eigenvalue weighted by atomic mass is 19.4. The molecule has 0 radical (unpaired) electrons. The molecule has 0 aromatic heterocycles. The summed E-state index contributed by atoms with van der Waals surface area (Å²) in [5.41, 5.74) is -0.346. The first-order chi connectivity index (χ1) is 12.3. The molecule has 140 valence electrons. The van der Waals surface area contributed by atoms with Gasteiger partial charge in [0.1, 0.15) is 5.75 Å². The predicted molar refractivity (Wildman–Crippen MR) is 91.0 cm³/mol. The molecule has 0 heterocycles. The van der Waals surface area contributed by atoms with Gasteiger partial charge in [-0.05, 0) is 30.7 Å². The topological polar surface area (TPSA) is 70.6 Å². The smallest absolute Gasteiger partial charge is 0.416 e. The van der Waals surface area contributed by atoms with E-state index in [1.54, 1.807) is 37.3 Å². The zero-order valence-electron chi connectivity index (χ0n) is 14.0. The number of hydrogen-bond donors (Lipinski definition) is 3. The molecule has 0 saturated heterocycles. The SMILES string of the molecule is CCOc1ccc(C(F)(F)F)cc1NC(=O)N[C@H](CO)c1ccccc1. The molecule has 8 heteroatoms. The van der Waals surface area contributed by atoms with Crippen molar-refractivity contribution in [3.8, 4) is 5.75 Å². The number of hydrogen-bond acceptors (Lipinski definition) is 3. The Kier molecular flexibility index (Phi) is 6.46. The number of alkyl halides is 3. The molecule has 2 aromatic rings. The normalized spacial score (nSPS) is 12.3. The van der Waals surface area contributed by atoms with Crippen LogP contribution in [0.2, 0.25) is 0 Å². The monoisotopic (exact) mass is 368 g/mol. The molecule has 0 aliphatic rings. The number of benzene rings is 2. The van der Waals surface area contributed by atoms with Gasteiger partial charge in [0.2, 0.25) is 0 Å². The van der Waals surface area contributed by atoms with Crippen LogP contribution in [0.3, 0.4) is 0 Å². The third-order valence-electron chi connectivity index (χ3n) is 3.54. The lowest BCUT2D eigenvalue weighted by atomic mass is 10.1. The summed E-state index contributed by atoms with van der Waals surface area (Å²) in [4.78, 5) is 12.2. The minimum Gasteiger partial charge on any atom is -0.492 e. The molecule has 0 spiro atoms. The maximum atomic E-state index is 12.9. The largest absolute Gasteiger partial charge is 0.492 e. The molecule has 0 fully saturated rings. The van der Waals surface area contributed by atoms with Crippen molar-refractivity contribution in [2.75, 3.05) is 18.5 Å². The fourth-order valence-corrected chi connectivity index (χ4v) is 2.32. The summed E-state index contributed by atoms with van der Waals surface area (Å²) in [5, 5.41) is 14.3. The lowest BCUT2D eigenvalue weighted by Crippen LogP contribution is -2.34. The van der Waals surface area contributed by atoms with Gasteiger partial charge in [-0.3, -0.25) is 0 Å². The van der Waals surface area contributed by atoms with Crippen LogP contribution >= 0.6 is 0 Å². The predicted octanol–water partition coefficient (Wildman–Crippen LogP) is 3.96. The van der Waals surface area contributed by atoms with E-state index in [1.165, 1.54) is 0 Å². The number of carbonyl (C=O) groups excluding carboxylic acids is 1. The van der Waals surface area contributed by atoms with Crippen LogP contribution in [-0.2, 0) is 6.18 Å². The zero-order chi connectivity index (χ0) is 19.2. The van der Waals surface area contributed by atoms with Crippen molar-refractivity contribution < 1.29 is 27.8 Å². The van der Waals surface area contributed by atoms with Crippen LogP contribution in [0.15, 0.2) is 48.5 Å². The highest BCUT2D eigenvalue weighted by molar-refractivity contribution is 5.91. The average molecular weight is 368 g/mol. The van der Waals surface area contributed by atoms with E-state index in [4.69, 9.17) is 4.74 Å². The van der Waals surface area contributed by atoms with Gasteiger partial charge in [0.15, 0.2) is 0 Å². The molecule has 0 aliphatic carbocycles. The number of ether oxygens (including phenoxy) is 1. The van der Waals surface area contributed by atoms with E-state index in [9.17, 15) is 23.1 Å². The van der Waals surface area contributed by atoms with Crippen LogP contribution in [0.25, 0.3) is 0 Å². The first-order valence-electron chi connectivity index (χ1n) is 7.92. The van der Waals surface area contributed by atoms with E-state index in [0.29, 0.717) is 5.56 Å². The van der Waals surface area contributed by atoms with Crippen molar-refractivity contribution in [3.05, 3.63) is 59.7 Å². The summed E-state index contributed by atoms with van der Waals surface area (Å²) in [5.74, 6) is 0.121. The Bertz CT molecular complexity index is 736. The van der Waals surface area contributed by atoms with E-state index < -0.39 is 23.8 Å². The van der Waals surface area contributed by atoms with Crippen molar-refractivity contribution in [2.24, 2.45) is 0 Å². The Labute approximate surface area is 148 Å². The number of halogens is 3. The number of amides is 2. The van der Waals surface area contributed by atoms with Crippen molar-refractivity contribution in [1.82, 2.24) is 5.32 Å². The molecule has 0 bridgehead atoms. The van der Waals surface area contributed by atoms with E-state index >= 15 is 0 Å². The second-order valence-electron chi connectivity index (χ2n) is 5.39. The molecule has 2 aromatic carbocycles. The van der Waals surface area contributed by atoms with Gasteiger partial charge in [-0.2, -0.15) is 13.2 Å². The molecular formula is C18H19F3N2O3. The third kappa shape index (κ3) is 5.13. The minimum absolute atomic E-state index is 0.107. The molecule has 26 heavy (non-hydrogen) atoms. The fraction of sp³-hybridized carbons (Fsp3) is 0.278. The van der Waals surface area contributed by atoms with Gasteiger partial charge in [0.05, 0.1) is 30.5 Å². The number of rotatable bonds is 6. The van der Waals surface area contributed by atoms with Crippen LogP contribution < -0.4 is 15.4 Å². The maximum Gasteiger partial charge on any atom is 0.416 e. The molecule has 3 N–H and O–H groups in total. The minimum atomic E-state index is -4.55. The van der Waals surface area contributed by atoms with E-state index in [-0.39, 0.29) is 24.7 Å². The molecule has 0 unspecified atom stereocenters. The molecule has 0 saturated carbocycles. The van der Waals surface area contributed by atoms with E-state index in [2.05, 4.69) is 10.6 Å². The quantitative estimate of drug-likeness (QED) is 0.723. The van der Waals surface area contributed by atoms with Crippen LogP contribution in [0, 0.1) is 0 Å². The van der Waals surface area contributed by atoms with Crippen molar-refractivity contribution in [2.45, 2.75) is 19.1 Å². The Balaban J connectivity index is 2.18. The number of nitrogens with one attached hydrogen (secondary N) is 2. The first-order valence-corrected chi connectivity index (χ1v) is 7.92. The van der Waals surface area contributed by atoms with Crippen LogP contribution in [0.5, 0.6) is 5.75 Å². The van der Waals surface area contributed by atoms with Gasteiger partial charge in [-0.15, -0.1) is 0 Å². The average Bonchev–Trinajstić information content (AvgIpc) is 2.61. The van der Waals surface area contributed by atoms with Gasteiger partial charge >= 0.3 is 12.2 Å². The number of anilines is 1. The Morgan fingerprint density at radius 2 is 1.88 bits per heavy atom. The van der Waals surface area contributed by atoms with Crippen molar-refractivity contribution in [1.29, 1.82) is 0 Å². The summed E-state index contributed by atoms with van der Waals surface area (Å²) in [7, 11) is 0. The maximum absolute atomic E-state index is 12.9. The van der Waals surface area contributed by atoms with Crippen LogP contribution in [0.1, 0.15) is 24.1 Å². The van der Waals surface area contributed by atoms with E-state index in [1.807, 2.05) is 0 Å². The zero-order valence-corrected chi connectivity index (χ0v) is 14.0. The summed E-state index contributed by atoms with van der Waals surface area (Å²) >= 11 is 0. The Morgan fingerprint density at radius 3 is 2.46 bits per heavy atom. The summed E-state index contributed by atoms with van der Waals surface area (Å²) < 4.78 is 44.0. The number of aliphatic hydroxyl groups is 1.